The van der Waals surface area contributed by atoms with Gasteiger partial charge in [-0.15, -0.1) is 0 Å². The summed E-state index contributed by atoms with van der Waals surface area (Å²) in [6.07, 6.45) is 7.67. The van der Waals surface area contributed by atoms with E-state index in [1.165, 1.54) is 5.56 Å². The number of benzene rings is 3. The van der Waals surface area contributed by atoms with E-state index in [0.717, 1.165) is 65.0 Å². The largest absolute Gasteiger partial charge is 0.481 e. The number of carbonyl (C=O) groups is 1. The van der Waals surface area contributed by atoms with Crippen molar-refractivity contribution in [2.45, 2.75) is 38.0 Å². The molecule has 0 aliphatic heterocycles. The van der Waals surface area contributed by atoms with Crippen molar-refractivity contribution in [2.24, 2.45) is 0 Å². The molecule has 0 unspecified atom stereocenters. The Labute approximate surface area is 199 Å². The number of hydrogen-bond donors (Lipinski definition) is 1. The highest BCUT2D eigenvalue weighted by Gasteiger charge is 2.51. The summed E-state index contributed by atoms with van der Waals surface area (Å²) in [7, 11) is 0. The zero-order chi connectivity index (χ0) is 23.5. The molecule has 1 aliphatic rings. The maximum Gasteiger partial charge on any atom is 0.314 e. The van der Waals surface area contributed by atoms with Gasteiger partial charge in [-0.05, 0) is 54.9 Å². The topological polar surface area (TPSA) is 63.3 Å². The number of rotatable bonds is 8. The Bertz CT molecular complexity index is 1310. The molecular weight excluding hydrogens is 422 g/mol. The van der Waals surface area contributed by atoms with Gasteiger partial charge in [-0.2, -0.15) is 0 Å². The molecule has 4 heteroatoms. The number of nitrogens with zero attached hydrogens (tertiary/aromatic N) is 1. The lowest BCUT2D eigenvalue weighted by molar-refractivity contribution is -0.140. The Balaban J connectivity index is 1.30. The lowest BCUT2D eigenvalue weighted by Crippen LogP contribution is -2.19. The van der Waals surface area contributed by atoms with Crippen LogP contribution in [0.4, 0.5) is 0 Å². The quantitative estimate of drug-likeness (QED) is 0.312. The van der Waals surface area contributed by atoms with Crippen LogP contribution in [0, 0.1) is 6.92 Å². The van der Waals surface area contributed by atoms with Crippen LogP contribution in [-0.4, -0.2) is 16.2 Å². The molecule has 1 aliphatic carbocycles. The molecular formula is C30H27NO3. The number of aliphatic carboxylic acids is 1. The van der Waals surface area contributed by atoms with Gasteiger partial charge in [-0.25, -0.2) is 0 Å². The van der Waals surface area contributed by atoms with Gasteiger partial charge in [0, 0.05) is 11.1 Å². The molecule has 0 bridgehead atoms. The molecule has 1 aromatic heterocycles. The Hall–Kier alpha value is -3.92. The van der Waals surface area contributed by atoms with Gasteiger partial charge >= 0.3 is 5.97 Å². The summed E-state index contributed by atoms with van der Waals surface area (Å²) in [4.78, 5) is 11.6. The SMILES string of the molecule is Cc1noc(-c2ccc(-c3ccc(C4(C(=O)O)CC4)cc3)cc2)c1C=CCCc1ccccc1. The molecule has 0 amide bonds. The van der Waals surface area contributed by atoms with Crippen LogP contribution in [0.15, 0.2) is 89.5 Å². The van der Waals surface area contributed by atoms with Crippen molar-refractivity contribution in [3.63, 3.8) is 0 Å². The molecule has 34 heavy (non-hydrogen) atoms. The first-order valence-corrected chi connectivity index (χ1v) is 11.7. The zero-order valence-corrected chi connectivity index (χ0v) is 19.2. The van der Waals surface area contributed by atoms with Crippen LogP contribution in [0.3, 0.4) is 0 Å². The van der Waals surface area contributed by atoms with Gasteiger partial charge in [-0.1, -0.05) is 96.2 Å². The second kappa shape index (κ2) is 9.14. The molecule has 170 valence electrons. The van der Waals surface area contributed by atoms with Crippen molar-refractivity contribution >= 4 is 12.0 Å². The van der Waals surface area contributed by atoms with Crippen molar-refractivity contribution in [1.82, 2.24) is 5.16 Å². The number of aromatic nitrogens is 1. The van der Waals surface area contributed by atoms with Gasteiger partial charge in [0.15, 0.2) is 5.76 Å². The van der Waals surface area contributed by atoms with Crippen LogP contribution in [0.2, 0.25) is 0 Å². The van der Waals surface area contributed by atoms with E-state index >= 15 is 0 Å². The predicted octanol–water partition coefficient (Wildman–Crippen LogP) is 7.08. The van der Waals surface area contributed by atoms with Crippen LogP contribution in [0.25, 0.3) is 28.5 Å². The average Bonchev–Trinajstić information content (AvgIpc) is 3.61. The third-order valence-corrected chi connectivity index (χ3v) is 6.71. The van der Waals surface area contributed by atoms with Crippen molar-refractivity contribution in [1.29, 1.82) is 0 Å². The normalized spacial score (nSPS) is 14.4. The fourth-order valence-electron chi connectivity index (χ4n) is 4.42. The van der Waals surface area contributed by atoms with E-state index in [4.69, 9.17) is 4.52 Å². The summed E-state index contributed by atoms with van der Waals surface area (Å²) in [5.74, 6) is 0.0457. The number of hydrogen-bond acceptors (Lipinski definition) is 3. The van der Waals surface area contributed by atoms with Crippen LogP contribution in [-0.2, 0) is 16.6 Å². The van der Waals surface area contributed by atoms with Gasteiger partial charge in [-0.3, -0.25) is 4.79 Å². The number of carboxylic acids is 1. The molecule has 0 radical (unpaired) electrons. The highest BCUT2D eigenvalue weighted by atomic mass is 16.5. The minimum Gasteiger partial charge on any atom is -0.481 e. The first-order valence-electron chi connectivity index (χ1n) is 11.7. The number of aryl methyl sites for hydroxylation is 2. The fraction of sp³-hybridized carbons (Fsp3) is 0.200. The Kier molecular flexibility index (Phi) is 5.89. The molecule has 0 atom stereocenters. The van der Waals surface area contributed by atoms with Gasteiger partial charge in [0.1, 0.15) is 0 Å². The molecule has 1 fully saturated rings. The third-order valence-electron chi connectivity index (χ3n) is 6.71. The molecule has 3 aromatic carbocycles. The van der Waals surface area contributed by atoms with Gasteiger partial charge in [0.05, 0.1) is 11.1 Å². The standard InChI is InChI=1S/C30H27NO3/c1-21-27(10-6-5-9-22-7-3-2-4-8-22)28(34-31-21)25-13-11-23(12-14-25)24-15-17-26(18-16-24)30(19-20-30)29(32)33/h2-4,6-8,10-18H,5,9,19-20H2,1H3,(H,32,33). The predicted molar refractivity (Wildman–Crippen MR) is 134 cm³/mol. The molecule has 5 rings (SSSR count). The van der Waals surface area contributed by atoms with Gasteiger partial charge < -0.3 is 9.63 Å². The number of carboxylic acid groups (broad SMARTS) is 1. The number of allylic oxidation sites excluding steroid dienone is 1. The second-order valence-corrected chi connectivity index (χ2v) is 8.98. The highest BCUT2D eigenvalue weighted by Crippen LogP contribution is 2.48. The fourth-order valence-corrected chi connectivity index (χ4v) is 4.42. The molecule has 1 heterocycles. The summed E-state index contributed by atoms with van der Waals surface area (Å²) >= 11 is 0. The van der Waals surface area contributed by atoms with Crippen molar-refractivity contribution in [3.05, 3.63) is 107 Å². The summed E-state index contributed by atoms with van der Waals surface area (Å²) in [6, 6.07) is 26.6. The summed E-state index contributed by atoms with van der Waals surface area (Å²) in [5.41, 5.74) is 6.54. The Morgan fingerprint density at radius 3 is 2.18 bits per heavy atom. The summed E-state index contributed by atoms with van der Waals surface area (Å²) < 4.78 is 5.67. The lowest BCUT2D eigenvalue weighted by atomic mass is 9.93. The first kappa shape index (κ1) is 21.9. The molecule has 1 N–H and O–H groups in total. The summed E-state index contributed by atoms with van der Waals surface area (Å²) in [5, 5.41) is 13.7. The Morgan fingerprint density at radius 1 is 0.941 bits per heavy atom. The van der Waals surface area contributed by atoms with Gasteiger partial charge in [0.2, 0.25) is 0 Å². The molecule has 1 saturated carbocycles. The minimum absolute atomic E-state index is 0.669. The molecule has 4 nitrogen and oxygen atoms in total. The third kappa shape index (κ3) is 4.32. The van der Waals surface area contributed by atoms with E-state index in [0.29, 0.717) is 0 Å². The molecule has 0 spiro atoms. The van der Waals surface area contributed by atoms with Crippen molar-refractivity contribution < 1.29 is 14.4 Å². The smallest absolute Gasteiger partial charge is 0.314 e. The average molecular weight is 450 g/mol. The minimum atomic E-state index is -0.725. The monoisotopic (exact) mass is 449 g/mol. The maximum absolute atomic E-state index is 11.6. The van der Waals surface area contributed by atoms with E-state index < -0.39 is 11.4 Å². The zero-order valence-electron chi connectivity index (χ0n) is 19.2. The molecule has 0 saturated heterocycles. The van der Waals surface area contributed by atoms with Crippen LogP contribution >= 0.6 is 0 Å². The van der Waals surface area contributed by atoms with Crippen LogP contribution in [0.5, 0.6) is 0 Å². The summed E-state index contributed by atoms with van der Waals surface area (Å²) in [6.45, 7) is 1.96. The van der Waals surface area contributed by atoms with Gasteiger partial charge in [0.25, 0.3) is 0 Å². The van der Waals surface area contributed by atoms with E-state index in [-0.39, 0.29) is 0 Å². The van der Waals surface area contributed by atoms with E-state index in [9.17, 15) is 9.90 Å². The van der Waals surface area contributed by atoms with E-state index in [1.807, 2.05) is 49.4 Å². The lowest BCUT2D eigenvalue weighted by Gasteiger charge is -2.11. The van der Waals surface area contributed by atoms with E-state index in [1.54, 1.807) is 0 Å². The Morgan fingerprint density at radius 2 is 1.56 bits per heavy atom. The van der Waals surface area contributed by atoms with Crippen molar-refractivity contribution in [3.8, 4) is 22.5 Å². The first-order chi connectivity index (χ1) is 16.6. The highest BCUT2D eigenvalue weighted by molar-refractivity contribution is 5.85. The van der Waals surface area contributed by atoms with Crippen LogP contribution in [0.1, 0.15) is 41.6 Å². The second-order valence-electron chi connectivity index (χ2n) is 8.98. The van der Waals surface area contributed by atoms with Crippen molar-refractivity contribution in [2.75, 3.05) is 0 Å². The van der Waals surface area contributed by atoms with Crippen LogP contribution < -0.4 is 0 Å². The van der Waals surface area contributed by atoms with E-state index in [2.05, 4.69) is 53.7 Å². The maximum atomic E-state index is 11.6. The molecule has 4 aromatic rings.